The summed E-state index contributed by atoms with van der Waals surface area (Å²) in [6.45, 7) is 3.88. The Hall–Kier alpha value is -3.66. The van der Waals surface area contributed by atoms with Crippen LogP contribution in [0.2, 0.25) is 0 Å². The van der Waals surface area contributed by atoms with E-state index in [9.17, 15) is 20.2 Å². The van der Waals surface area contributed by atoms with E-state index in [1.165, 1.54) is 31.4 Å². The van der Waals surface area contributed by atoms with Crippen molar-refractivity contribution in [1.82, 2.24) is 0 Å². The lowest BCUT2D eigenvalue weighted by atomic mass is 10.1. The maximum Gasteiger partial charge on any atom is 0.311 e. The Kier molecular flexibility index (Phi) is 5.71. The van der Waals surface area contributed by atoms with Crippen molar-refractivity contribution in [3.8, 4) is 11.8 Å². The van der Waals surface area contributed by atoms with Crippen LogP contribution < -0.4 is 10.1 Å². The first-order valence-corrected chi connectivity index (χ1v) is 7.68. The first-order valence-electron chi connectivity index (χ1n) is 7.68. The molecule has 0 heterocycles. The molecule has 7 nitrogen and oxygen atoms in total. The molecule has 26 heavy (non-hydrogen) atoms. The maximum absolute atomic E-state index is 12.3. The number of nitro groups is 1. The molecule has 2 aromatic carbocycles. The monoisotopic (exact) mass is 351 g/mol. The molecule has 0 saturated heterocycles. The second kappa shape index (κ2) is 7.94. The van der Waals surface area contributed by atoms with Gasteiger partial charge in [0.25, 0.3) is 5.91 Å². The topological polar surface area (TPSA) is 105 Å². The first kappa shape index (κ1) is 18.7. The Bertz CT molecular complexity index is 942. The van der Waals surface area contributed by atoms with Crippen molar-refractivity contribution >= 4 is 23.4 Å². The molecular weight excluding hydrogens is 334 g/mol. The molecule has 0 aliphatic rings. The number of benzene rings is 2. The second-order valence-electron chi connectivity index (χ2n) is 5.61. The summed E-state index contributed by atoms with van der Waals surface area (Å²) in [5.41, 5.74) is 2.61. The van der Waals surface area contributed by atoms with Gasteiger partial charge in [0.1, 0.15) is 11.6 Å². The number of carbonyl (C=O) groups is 1. The number of nitro benzene ring substituents is 1. The van der Waals surface area contributed by atoms with Gasteiger partial charge in [-0.25, -0.2) is 0 Å². The van der Waals surface area contributed by atoms with Gasteiger partial charge in [-0.15, -0.1) is 0 Å². The van der Waals surface area contributed by atoms with Gasteiger partial charge in [0.05, 0.1) is 12.0 Å². The first-order chi connectivity index (χ1) is 12.3. The molecule has 0 unspecified atom stereocenters. The standard InChI is InChI=1S/C19H17N3O4/c1-12-4-6-16(8-13(12)2)21-19(23)15(11-20)9-14-5-7-18(26-3)17(10-14)22(24)25/h4-10H,1-3H3,(H,21,23)/b15-9+. The predicted molar refractivity (Wildman–Crippen MR) is 97.8 cm³/mol. The molecule has 0 bridgehead atoms. The zero-order chi connectivity index (χ0) is 19.3. The third kappa shape index (κ3) is 4.24. The van der Waals surface area contributed by atoms with Gasteiger partial charge in [-0.2, -0.15) is 5.26 Å². The highest BCUT2D eigenvalue weighted by Gasteiger charge is 2.16. The van der Waals surface area contributed by atoms with E-state index < -0.39 is 10.8 Å². The van der Waals surface area contributed by atoms with Crippen LogP contribution in [0.5, 0.6) is 5.75 Å². The second-order valence-corrected chi connectivity index (χ2v) is 5.61. The molecule has 7 heteroatoms. The third-order valence-electron chi connectivity index (χ3n) is 3.84. The summed E-state index contributed by atoms with van der Waals surface area (Å²) in [4.78, 5) is 22.8. The van der Waals surface area contributed by atoms with Crippen molar-refractivity contribution in [2.45, 2.75) is 13.8 Å². The van der Waals surface area contributed by atoms with Crippen molar-refractivity contribution < 1.29 is 14.5 Å². The quantitative estimate of drug-likeness (QED) is 0.382. The molecule has 1 amide bonds. The highest BCUT2D eigenvalue weighted by Crippen LogP contribution is 2.28. The number of ether oxygens (including phenoxy) is 1. The molecule has 0 fully saturated rings. The molecule has 132 valence electrons. The minimum Gasteiger partial charge on any atom is -0.490 e. The van der Waals surface area contributed by atoms with Crippen molar-refractivity contribution in [1.29, 1.82) is 5.26 Å². The number of nitrogens with zero attached hydrogens (tertiary/aromatic N) is 2. The molecule has 1 N–H and O–H groups in total. The fraction of sp³-hybridized carbons (Fsp3) is 0.158. The zero-order valence-electron chi connectivity index (χ0n) is 14.6. The van der Waals surface area contributed by atoms with E-state index in [0.717, 1.165) is 11.1 Å². The Morgan fingerprint density at radius 2 is 1.96 bits per heavy atom. The molecule has 2 aromatic rings. The van der Waals surface area contributed by atoms with E-state index in [2.05, 4.69) is 5.32 Å². The summed E-state index contributed by atoms with van der Waals surface area (Å²) in [6, 6.07) is 11.4. The number of methoxy groups -OCH3 is 1. The maximum atomic E-state index is 12.3. The van der Waals surface area contributed by atoms with Crippen LogP contribution in [-0.2, 0) is 4.79 Å². The van der Waals surface area contributed by atoms with Crippen LogP contribution in [-0.4, -0.2) is 17.9 Å². The Labute approximate surface area is 150 Å². The van der Waals surface area contributed by atoms with Gasteiger partial charge in [0.2, 0.25) is 0 Å². The summed E-state index contributed by atoms with van der Waals surface area (Å²) in [6.07, 6.45) is 1.29. The van der Waals surface area contributed by atoms with E-state index in [1.54, 1.807) is 12.1 Å². The lowest BCUT2D eigenvalue weighted by Crippen LogP contribution is -2.13. The summed E-state index contributed by atoms with van der Waals surface area (Å²) in [7, 11) is 1.33. The minimum atomic E-state index is -0.589. The van der Waals surface area contributed by atoms with Crippen LogP contribution in [0.3, 0.4) is 0 Å². The number of hydrogen-bond acceptors (Lipinski definition) is 5. The molecule has 0 atom stereocenters. The van der Waals surface area contributed by atoms with Gasteiger partial charge >= 0.3 is 5.69 Å². The third-order valence-corrected chi connectivity index (χ3v) is 3.84. The van der Waals surface area contributed by atoms with Crippen LogP contribution >= 0.6 is 0 Å². The molecular formula is C19H17N3O4. The molecule has 0 radical (unpaired) electrons. The predicted octanol–water partition coefficient (Wildman–Crippen LogP) is 3.77. The highest BCUT2D eigenvalue weighted by atomic mass is 16.6. The average Bonchev–Trinajstić information content (AvgIpc) is 2.62. The molecule has 0 saturated carbocycles. The molecule has 0 aliphatic carbocycles. The smallest absolute Gasteiger partial charge is 0.311 e. The number of aryl methyl sites for hydroxylation is 2. The van der Waals surface area contributed by atoms with E-state index in [-0.39, 0.29) is 17.0 Å². The van der Waals surface area contributed by atoms with Gasteiger partial charge in [-0.05, 0) is 54.8 Å². The normalized spacial score (nSPS) is 10.8. The number of rotatable bonds is 5. The SMILES string of the molecule is COc1ccc(/C=C(\C#N)C(=O)Nc2ccc(C)c(C)c2)cc1[N+](=O)[O-]. The van der Waals surface area contributed by atoms with Crippen LogP contribution in [0.4, 0.5) is 11.4 Å². The van der Waals surface area contributed by atoms with Crippen molar-refractivity contribution in [3.63, 3.8) is 0 Å². The van der Waals surface area contributed by atoms with Crippen LogP contribution in [0, 0.1) is 35.3 Å². The number of amides is 1. The highest BCUT2D eigenvalue weighted by molar-refractivity contribution is 6.09. The largest absolute Gasteiger partial charge is 0.490 e. The number of anilines is 1. The Morgan fingerprint density at radius 3 is 2.54 bits per heavy atom. The van der Waals surface area contributed by atoms with Gasteiger partial charge in [-0.3, -0.25) is 14.9 Å². The Morgan fingerprint density at radius 1 is 1.23 bits per heavy atom. The lowest BCUT2D eigenvalue weighted by molar-refractivity contribution is -0.385. The van der Waals surface area contributed by atoms with E-state index >= 15 is 0 Å². The lowest BCUT2D eigenvalue weighted by Gasteiger charge is -2.07. The zero-order valence-corrected chi connectivity index (χ0v) is 14.6. The van der Waals surface area contributed by atoms with E-state index in [1.807, 2.05) is 26.0 Å². The van der Waals surface area contributed by atoms with Gasteiger partial charge in [0.15, 0.2) is 5.75 Å². The van der Waals surface area contributed by atoms with Crippen LogP contribution in [0.25, 0.3) is 6.08 Å². The molecule has 0 aromatic heterocycles. The van der Waals surface area contributed by atoms with E-state index in [0.29, 0.717) is 11.3 Å². The van der Waals surface area contributed by atoms with E-state index in [4.69, 9.17) is 4.74 Å². The molecule has 0 spiro atoms. The van der Waals surface area contributed by atoms with Crippen molar-refractivity contribution in [3.05, 3.63) is 68.8 Å². The number of carbonyl (C=O) groups excluding carboxylic acids is 1. The molecule has 0 aliphatic heterocycles. The van der Waals surface area contributed by atoms with Gasteiger partial charge in [0, 0.05) is 11.8 Å². The number of hydrogen-bond donors (Lipinski definition) is 1. The summed E-state index contributed by atoms with van der Waals surface area (Å²) in [5.74, 6) is -0.487. The number of nitrogens with one attached hydrogen (secondary N) is 1. The summed E-state index contributed by atoms with van der Waals surface area (Å²) in [5, 5.41) is 23.0. The Balaban J connectivity index is 2.30. The van der Waals surface area contributed by atoms with Gasteiger partial charge in [-0.1, -0.05) is 12.1 Å². The van der Waals surface area contributed by atoms with Gasteiger partial charge < -0.3 is 10.1 Å². The fourth-order valence-corrected chi connectivity index (χ4v) is 2.27. The summed E-state index contributed by atoms with van der Waals surface area (Å²) < 4.78 is 4.93. The van der Waals surface area contributed by atoms with Crippen molar-refractivity contribution in [2.24, 2.45) is 0 Å². The fourth-order valence-electron chi connectivity index (χ4n) is 2.27. The van der Waals surface area contributed by atoms with Crippen LogP contribution in [0.15, 0.2) is 42.0 Å². The molecule has 2 rings (SSSR count). The average molecular weight is 351 g/mol. The summed E-state index contributed by atoms with van der Waals surface area (Å²) >= 11 is 0. The van der Waals surface area contributed by atoms with Crippen molar-refractivity contribution in [2.75, 3.05) is 12.4 Å². The number of nitriles is 1. The van der Waals surface area contributed by atoms with Crippen LogP contribution in [0.1, 0.15) is 16.7 Å². The minimum absolute atomic E-state index is 0.102.